The number of para-hydroxylation sites is 1. The zero-order chi connectivity index (χ0) is 27.2. The minimum Gasteiger partial charge on any atom is -0.493 e. The van der Waals surface area contributed by atoms with Gasteiger partial charge in [-0.1, -0.05) is 48.5 Å². The van der Waals surface area contributed by atoms with Gasteiger partial charge in [-0.3, -0.25) is 4.79 Å². The van der Waals surface area contributed by atoms with Crippen molar-refractivity contribution in [2.45, 2.75) is 25.7 Å². The number of aromatic nitrogens is 1. The van der Waals surface area contributed by atoms with Gasteiger partial charge in [-0.2, -0.15) is 0 Å². The lowest BCUT2D eigenvalue weighted by molar-refractivity contribution is -0.144. The van der Waals surface area contributed by atoms with E-state index in [1.165, 1.54) is 0 Å². The maximum absolute atomic E-state index is 12.8. The van der Waals surface area contributed by atoms with Gasteiger partial charge in [0.05, 0.1) is 18.2 Å². The fourth-order valence-electron chi connectivity index (χ4n) is 4.87. The molecule has 2 heterocycles. The van der Waals surface area contributed by atoms with Crippen molar-refractivity contribution in [2.75, 3.05) is 19.7 Å². The number of carbonyl (C=O) groups excluding carboxylic acids is 1. The van der Waals surface area contributed by atoms with Gasteiger partial charge in [-0.15, -0.1) is 0 Å². The molecule has 0 aliphatic carbocycles. The molecule has 39 heavy (non-hydrogen) atoms. The van der Waals surface area contributed by atoms with Crippen LogP contribution in [0.25, 0.3) is 11.5 Å². The average molecular weight is 527 g/mol. The number of carboxylic acids is 1. The van der Waals surface area contributed by atoms with Gasteiger partial charge in [0, 0.05) is 31.0 Å². The third kappa shape index (κ3) is 6.29. The molecule has 200 valence electrons. The highest BCUT2D eigenvalue weighted by molar-refractivity contribution is 5.74. The van der Waals surface area contributed by atoms with Gasteiger partial charge in [0.2, 0.25) is 5.89 Å². The number of piperidine rings is 1. The zero-order valence-electron chi connectivity index (χ0n) is 21.7. The molecule has 8 heteroatoms. The normalized spacial score (nSPS) is 17.0. The van der Waals surface area contributed by atoms with E-state index in [-0.39, 0.29) is 6.54 Å². The summed E-state index contributed by atoms with van der Waals surface area (Å²) in [5, 5.41) is 9.90. The number of benzene rings is 3. The van der Waals surface area contributed by atoms with Crippen molar-refractivity contribution in [3.8, 4) is 23.0 Å². The van der Waals surface area contributed by atoms with Crippen molar-refractivity contribution in [1.29, 1.82) is 0 Å². The predicted molar refractivity (Wildman–Crippen MR) is 145 cm³/mol. The molecule has 0 spiro atoms. The number of oxazole rings is 1. The number of likely N-dealkylation sites (tertiary alicyclic amines) is 1. The Hall–Kier alpha value is -4.59. The predicted octanol–water partition coefficient (Wildman–Crippen LogP) is 5.96. The average Bonchev–Trinajstić information content (AvgIpc) is 3.34. The SMILES string of the molecule is Cc1oc(-c2ccccc2)nc1CCOc1cccc([C@@H]2CN(C(=O)Oc3ccccc3)CC[C@@H]2C(=O)O)c1. The first-order valence-corrected chi connectivity index (χ1v) is 13.0. The van der Waals surface area contributed by atoms with E-state index in [1.54, 1.807) is 29.2 Å². The molecule has 0 unspecified atom stereocenters. The number of carbonyl (C=O) groups is 2. The maximum atomic E-state index is 12.8. The number of ether oxygens (including phenoxy) is 2. The summed E-state index contributed by atoms with van der Waals surface area (Å²) < 4.78 is 17.4. The Kier molecular flexibility index (Phi) is 7.91. The van der Waals surface area contributed by atoms with Crippen LogP contribution in [-0.4, -0.2) is 46.7 Å². The molecule has 1 fully saturated rings. The fourth-order valence-corrected chi connectivity index (χ4v) is 4.87. The van der Waals surface area contributed by atoms with Gasteiger partial charge in [0.1, 0.15) is 17.3 Å². The molecule has 2 atom stereocenters. The lowest BCUT2D eigenvalue weighted by atomic mass is 9.81. The third-order valence-electron chi connectivity index (χ3n) is 6.94. The summed E-state index contributed by atoms with van der Waals surface area (Å²) in [7, 11) is 0. The summed E-state index contributed by atoms with van der Waals surface area (Å²) in [5.74, 6) is 0.526. The van der Waals surface area contributed by atoms with E-state index in [2.05, 4.69) is 4.98 Å². The van der Waals surface area contributed by atoms with E-state index in [1.807, 2.05) is 67.6 Å². The smallest absolute Gasteiger partial charge is 0.415 e. The van der Waals surface area contributed by atoms with E-state index in [0.29, 0.717) is 43.4 Å². The van der Waals surface area contributed by atoms with Gasteiger partial charge >= 0.3 is 12.1 Å². The van der Waals surface area contributed by atoms with Crippen LogP contribution in [0.1, 0.15) is 29.4 Å². The van der Waals surface area contributed by atoms with Crippen LogP contribution in [0.3, 0.4) is 0 Å². The minimum atomic E-state index is -0.877. The van der Waals surface area contributed by atoms with Gasteiger partial charge in [0.15, 0.2) is 0 Å². The van der Waals surface area contributed by atoms with E-state index in [4.69, 9.17) is 13.9 Å². The standard InChI is InChI=1S/C31H30N2O6/c1-21-28(32-29(38-21)22-9-4-2-5-10-22)16-18-37-25-14-8-11-23(19-25)27-20-33(17-15-26(27)30(34)35)31(36)39-24-12-6-3-7-13-24/h2-14,19,26-27H,15-18,20H2,1H3,(H,34,35)/t26-,27-/m0/s1. The van der Waals surface area contributed by atoms with Crippen LogP contribution in [-0.2, 0) is 11.2 Å². The van der Waals surface area contributed by atoms with Crippen molar-refractivity contribution in [2.24, 2.45) is 5.92 Å². The van der Waals surface area contributed by atoms with Crippen LogP contribution >= 0.6 is 0 Å². The molecule has 1 saturated heterocycles. The number of aryl methyl sites for hydroxylation is 1. The van der Waals surface area contributed by atoms with E-state index < -0.39 is 23.9 Å². The third-order valence-corrected chi connectivity index (χ3v) is 6.94. The summed E-state index contributed by atoms with van der Waals surface area (Å²) in [6.45, 7) is 2.83. The largest absolute Gasteiger partial charge is 0.493 e. The van der Waals surface area contributed by atoms with Crippen LogP contribution in [0.15, 0.2) is 89.3 Å². The number of aliphatic carboxylic acids is 1. The summed E-state index contributed by atoms with van der Waals surface area (Å²) in [6, 6.07) is 26.0. The molecule has 5 rings (SSSR count). The van der Waals surface area contributed by atoms with Crippen molar-refractivity contribution in [3.05, 3.63) is 102 Å². The quantitative estimate of drug-likeness (QED) is 0.302. The molecule has 1 amide bonds. The number of carboxylic acid groups (broad SMARTS) is 1. The number of hydrogen-bond donors (Lipinski definition) is 1. The second kappa shape index (κ2) is 11.9. The Labute approximate surface area is 226 Å². The molecule has 1 aliphatic rings. The monoisotopic (exact) mass is 526 g/mol. The molecule has 0 radical (unpaired) electrons. The van der Waals surface area contributed by atoms with Gasteiger partial charge < -0.3 is 23.9 Å². The summed E-state index contributed by atoms with van der Waals surface area (Å²) >= 11 is 0. The first kappa shape index (κ1) is 26.0. The molecule has 1 N–H and O–H groups in total. The molecule has 8 nitrogen and oxygen atoms in total. The lowest BCUT2D eigenvalue weighted by Gasteiger charge is -2.36. The van der Waals surface area contributed by atoms with E-state index >= 15 is 0 Å². The maximum Gasteiger partial charge on any atom is 0.415 e. The summed E-state index contributed by atoms with van der Waals surface area (Å²) in [4.78, 5) is 31.1. The highest BCUT2D eigenvalue weighted by Gasteiger charge is 2.37. The van der Waals surface area contributed by atoms with Crippen molar-refractivity contribution in [1.82, 2.24) is 9.88 Å². The lowest BCUT2D eigenvalue weighted by Crippen LogP contribution is -2.46. The summed E-state index contributed by atoms with van der Waals surface area (Å²) in [6.07, 6.45) is 0.414. The van der Waals surface area contributed by atoms with E-state index in [0.717, 1.165) is 22.6 Å². The molecular formula is C31H30N2O6. The number of rotatable bonds is 8. The second-order valence-corrected chi connectivity index (χ2v) is 9.53. The molecule has 1 aromatic heterocycles. The summed E-state index contributed by atoms with van der Waals surface area (Å²) in [5.41, 5.74) is 2.56. The molecule has 1 aliphatic heterocycles. The molecular weight excluding hydrogens is 496 g/mol. The Morgan fingerprint density at radius 3 is 2.46 bits per heavy atom. The Morgan fingerprint density at radius 1 is 1.00 bits per heavy atom. The van der Waals surface area contributed by atoms with Gasteiger partial charge in [0.25, 0.3) is 0 Å². The first-order chi connectivity index (χ1) is 19.0. The van der Waals surface area contributed by atoms with Crippen molar-refractivity contribution in [3.63, 3.8) is 0 Å². The second-order valence-electron chi connectivity index (χ2n) is 9.53. The molecule has 0 saturated carbocycles. The molecule has 4 aromatic rings. The Bertz CT molecular complexity index is 1420. The van der Waals surface area contributed by atoms with Crippen LogP contribution < -0.4 is 9.47 Å². The minimum absolute atomic E-state index is 0.243. The zero-order valence-corrected chi connectivity index (χ0v) is 21.7. The molecule has 3 aromatic carbocycles. The first-order valence-electron chi connectivity index (χ1n) is 13.0. The Morgan fingerprint density at radius 2 is 1.72 bits per heavy atom. The van der Waals surface area contributed by atoms with E-state index in [9.17, 15) is 14.7 Å². The van der Waals surface area contributed by atoms with Crippen LogP contribution in [0.5, 0.6) is 11.5 Å². The van der Waals surface area contributed by atoms with Crippen LogP contribution in [0, 0.1) is 12.8 Å². The Balaban J connectivity index is 1.24. The number of amides is 1. The highest BCUT2D eigenvalue weighted by Crippen LogP contribution is 2.35. The van der Waals surface area contributed by atoms with Gasteiger partial charge in [-0.05, 0) is 55.3 Å². The van der Waals surface area contributed by atoms with Crippen molar-refractivity contribution >= 4 is 12.1 Å². The number of hydrogen-bond acceptors (Lipinski definition) is 6. The molecule has 0 bridgehead atoms. The van der Waals surface area contributed by atoms with Gasteiger partial charge in [-0.25, -0.2) is 9.78 Å². The topological polar surface area (TPSA) is 102 Å². The highest BCUT2D eigenvalue weighted by atomic mass is 16.6. The number of nitrogens with zero attached hydrogens (tertiary/aromatic N) is 2. The van der Waals surface area contributed by atoms with Crippen molar-refractivity contribution < 1.29 is 28.6 Å². The van der Waals surface area contributed by atoms with Crippen LogP contribution in [0.4, 0.5) is 4.79 Å². The van der Waals surface area contributed by atoms with Crippen LogP contribution in [0.2, 0.25) is 0 Å². The fraction of sp³-hybridized carbons (Fsp3) is 0.258.